The molecule has 24 heavy (non-hydrogen) atoms. The average Bonchev–Trinajstić information content (AvgIpc) is 2.98. The summed E-state index contributed by atoms with van der Waals surface area (Å²) < 4.78 is 40.1. The van der Waals surface area contributed by atoms with Crippen LogP contribution in [-0.2, 0) is 6.42 Å². The quantitative estimate of drug-likeness (QED) is 0.573. The Morgan fingerprint density at radius 1 is 1.00 bits per heavy atom. The van der Waals surface area contributed by atoms with Gasteiger partial charge in [0, 0.05) is 6.07 Å². The summed E-state index contributed by atoms with van der Waals surface area (Å²) in [7, 11) is 0. The van der Waals surface area contributed by atoms with Crippen molar-refractivity contribution in [1.82, 2.24) is 0 Å². The Labute approximate surface area is 137 Å². The van der Waals surface area contributed by atoms with Crippen molar-refractivity contribution >= 4 is 5.69 Å². The van der Waals surface area contributed by atoms with Crippen molar-refractivity contribution in [3.8, 4) is 0 Å². The zero-order chi connectivity index (χ0) is 17.3. The van der Waals surface area contributed by atoms with Crippen LogP contribution in [0.3, 0.4) is 0 Å². The zero-order valence-electron chi connectivity index (χ0n) is 12.8. The molecule has 3 rings (SSSR count). The minimum absolute atomic E-state index is 0.160. The van der Waals surface area contributed by atoms with E-state index in [0.717, 1.165) is 30.9 Å². The van der Waals surface area contributed by atoms with Gasteiger partial charge in [0.1, 0.15) is 0 Å². The normalized spacial score (nSPS) is 20.3. The van der Waals surface area contributed by atoms with Crippen LogP contribution in [0, 0.1) is 33.5 Å². The van der Waals surface area contributed by atoms with E-state index in [0.29, 0.717) is 17.9 Å². The van der Waals surface area contributed by atoms with Crippen LogP contribution in [0.1, 0.15) is 36.3 Å². The lowest BCUT2D eigenvalue weighted by Gasteiger charge is -2.12. The number of hydrogen-bond acceptors (Lipinski definition) is 2. The van der Waals surface area contributed by atoms with Crippen molar-refractivity contribution in [2.24, 2.45) is 5.92 Å². The van der Waals surface area contributed by atoms with Gasteiger partial charge in [0.15, 0.2) is 11.6 Å². The molecule has 0 bridgehead atoms. The molecule has 0 heterocycles. The fourth-order valence-corrected chi connectivity index (χ4v) is 3.49. The molecule has 126 valence electrons. The highest BCUT2D eigenvalue weighted by atomic mass is 19.2. The first kappa shape index (κ1) is 16.5. The SMILES string of the molecule is O=[N+]([O-])c1ccc(CC2CCC(c3ccc(F)c(F)c3)C2)cc1F. The van der Waals surface area contributed by atoms with Crippen molar-refractivity contribution in [3.63, 3.8) is 0 Å². The molecule has 0 spiro atoms. The number of rotatable bonds is 4. The Hall–Kier alpha value is -2.37. The van der Waals surface area contributed by atoms with Gasteiger partial charge in [0.25, 0.3) is 0 Å². The van der Waals surface area contributed by atoms with E-state index < -0.39 is 28.1 Å². The number of benzene rings is 2. The van der Waals surface area contributed by atoms with E-state index in [4.69, 9.17) is 0 Å². The maximum Gasteiger partial charge on any atom is 0.304 e. The summed E-state index contributed by atoms with van der Waals surface area (Å²) in [6, 6.07) is 7.97. The van der Waals surface area contributed by atoms with Crippen LogP contribution >= 0.6 is 0 Å². The summed E-state index contributed by atoms with van der Waals surface area (Å²) in [4.78, 5) is 9.89. The van der Waals surface area contributed by atoms with Gasteiger partial charge in [-0.2, -0.15) is 4.39 Å². The van der Waals surface area contributed by atoms with Crippen molar-refractivity contribution in [1.29, 1.82) is 0 Å². The maximum atomic E-state index is 13.7. The standard InChI is InChI=1S/C18H16F3NO2/c19-15-5-4-14(10-16(15)20)13-3-1-11(8-13)7-12-2-6-18(22(23)24)17(21)9-12/h2,4-6,9-11,13H,1,3,7-8H2. The van der Waals surface area contributed by atoms with Crippen molar-refractivity contribution in [2.45, 2.75) is 31.6 Å². The second kappa shape index (κ2) is 6.63. The monoisotopic (exact) mass is 335 g/mol. The van der Waals surface area contributed by atoms with E-state index in [2.05, 4.69) is 0 Å². The first-order valence-corrected chi connectivity index (χ1v) is 7.82. The van der Waals surface area contributed by atoms with E-state index in [1.54, 1.807) is 12.1 Å². The van der Waals surface area contributed by atoms with Gasteiger partial charge < -0.3 is 0 Å². The van der Waals surface area contributed by atoms with Gasteiger partial charge in [0.05, 0.1) is 4.92 Å². The molecule has 2 atom stereocenters. The smallest absolute Gasteiger partial charge is 0.258 e. The van der Waals surface area contributed by atoms with Crippen LogP contribution < -0.4 is 0 Å². The molecular formula is C18H16F3NO2. The lowest BCUT2D eigenvalue weighted by atomic mass is 9.93. The minimum Gasteiger partial charge on any atom is -0.258 e. The number of hydrogen-bond donors (Lipinski definition) is 0. The van der Waals surface area contributed by atoms with Crippen LogP contribution in [0.4, 0.5) is 18.9 Å². The van der Waals surface area contributed by atoms with E-state index in [1.807, 2.05) is 0 Å². The maximum absolute atomic E-state index is 13.7. The summed E-state index contributed by atoms with van der Waals surface area (Å²) in [5.74, 6) is -2.06. The molecule has 0 saturated heterocycles. The molecule has 6 heteroatoms. The fourth-order valence-electron chi connectivity index (χ4n) is 3.49. The Morgan fingerprint density at radius 3 is 2.46 bits per heavy atom. The Bertz CT molecular complexity index is 779. The highest BCUT2D eigenvalue weighted by Crippen LogP contribution is 2.40. The Balaban J connectivity index is 1.67. The molecule has 1 aliphatic rings. The third kappa shape index (κ3) is 3.42. The third-order valence-corrected chi connectivity index (χ3v) is 4.69. The van der Waals surface area contributed by atoms with Gasteiger partial charge in [-0.1, -0.05) is 12.1 Å². The molecule has 0 aliphatic heterocycles. The predicted octanol–water partition coefficient (Wildman–Crippen LogP) is 5.14. The van der Waals surface area contributed by atoms with Gasteiger partial charge in [-0.3, -0.25) is 10.1 Å². The molecule has 1 saturated carbocycles. The van der Waals surface area contributed by atoms with Gasteiger partial charge in [-0.15, -0.1) is 0 Å². The molecule has 0 amide bonds. The van der Waals surface area contributed by atoms with E-state index in [1.165, 1.54) is 18.2 Å². The van der Waals surface area contributed by atoms with Crippen molar-refractivity contribution in [2.75, 3.05) is 0 Å². The molecule has 0 aromatic heterocycles. The largest absolute Gasteiger partial charge is 0.304 e. The van der Waals surface area contributed by atoms with Crippen molar-refractivity contribution < 1.29 is 18.1 Å². The number of nitro groups is 1. The molecule has 1 aliphatic carbocycles. The molecule has 0 N–H and O–H groups in total. The lowest BCUT2D eigenvalue weighted by Crippen LogP contribution is -2.02. The highest BCUT2D eigenvalue weighted by molar-refractivity contribution is 5.35. The topological polar surface area (TPSA) is 43.1 Å². The number of halogens is 3. The van der Waals surface area contributed by atoms with Gasteiger partial charge in [0.2, 0.25) is 5.82 Å². The zero-order valence-corrected chi connectivity index (χ0v) is 12.8. The van der Waals surface area contributed by atoms with Crippen LogP contribution in [0.25, 0.3) is 0 Å². The van der Waals surface area contributed by atoms with Gasteiger partial charge in [-0.05, 0) is 66.8 Å². The summed E-state index contributed by atoms with van der Waals surface area (Å²) >= 11 is 0. The van der Waals surface area contributed by atoms with Crippen molar-refractivity contribution in [3.05, 3.63) is 75.1 Å². The average molecular weight is 335 g/mol. The number of nitrogens with zero attached hydrogens (tertiary/aromatic N) is 1. The summed E-state index contributed by atoms with van der Waals surface area (Å²) in [6.45, 7) is 0. The molecule has 2 unspecified atom stereocenters. The second-order valence-corrected chi connectivity index (χ2v) is 6.30. The van der Waals surface area contributed by atoms with E-state index in [-0.39, 0.29) is 5.92 Å². The first-order valence-electron chi connectivity index (χ1n) is 7.82. The fraction of sp³-hybridized carbons (Fsp3) is 0.333. The predicted molar refractivity (Wildman–Crippen MR) is 83.2 cm³/mol. The Morgan fingerprint density at radius 2 is 1.79 bits per heavy atom. The van der Waals surface area contributed by atoms with Crippen LogP contribution in [-0.4, -0.2) is 4.92 Å². The second-order valence-electron chi connectivity index (χ2n) is 6.30. The van der Waals surface area contributed by atoms with E-state index >= 15 is 0 Å². The molecule has 2 aromatic carbocycles. The summed E-state index contributed by atoms with van der Waals surface area (Å²) in [6.07, 6.45) is 3.20. The Kier molecular flexibility index (Phi) is 4.55. The third-order valence-electron chi connectivity index (χ3n) is 4.69. The minimum atomic E-state index is -0.852. The van der Waals surface area contributed by atoms with Crippen LogP contribution in [0.5, 0.6) is 0 Å². The van der Waals surface area contributed by atoms with E-state index in [9.17, 15) is 23.3 Å². The summed E-state index contributed by atoms with van der Waals surface area (Å²) in [5.41, 5.74) is 0.977. The number of nitro benzene ring substituents is 1. The lowest BCUT2D eigenvalue weighted by molar-refractivity contribution is -0.387. The highest BCUT2D eigenvalue weighted by Gasteiger charge is 2.27. The molecule has 2 aromatic rings. The molecule has 3 nitrogen and oxygen atoms in total. The molecular weight excluding hydrogens is 319 g/mol. The van der Waals surface area contributed by atoms with Gasteiger partial charge >= 0.3 is 5.69 Å². The molecule has 0 radical (unpaired) electrons. The first-order chi connectivity index (χ1) is 11.4. The van der Waals surface area contributed by atoms with Crippen LogP contribution in [0.15, 0.2) is 36.4 Å². The van der Waals surface area contributed by atoms with Gasteiger partial charge in [-0.25, -0.2) is 8.78 Å². The molecule has 1 fully saturated rings. The van der Waals surface area contributed by atoms with Crippen LogP contribution in [0.2, 0.25) is 0 Å². The summed E-state index contributed by atoms with van der Waals surface area (Å²) in [5, 5.41) is 10.6.